The highest BCUT2D eigenvalue weighted by atomic mass is 19.4. The molecule has 0 amide bonds. The first-order chi connectivity index (χ1) is 16.2. The predicted octanol–water partition coefficient (Wildman–Crippen LogP) is 6.83. The molecule has 1 aliphatic rings. The van der Waals surface area contributed by atoms with Gasteiger partial charge in [-0.1, -0.05) is 31.1 Å². The summed E-state index contributed by atoms with van der Waals surface area (Å²) in [6.45, 7) is 3.22. The zero-order chi connectivity index (χ0) is 25.8. The van der Waals surface area contributed by atoms with Gasteiger partial charge in [0.1, 0.15) is 11.5 Å². The second-order valence-electron chi connectivity index (χ2n) is 8.33. The first kappa shape index (κ1) is 24.6. The first-order valence-electron chi connectivity index (χ1n) is 10.0. The Labute approximate surface area is 193 Å². The lowest BCUT2D eigenvalue weighted by Crippen LogP contribution is -2.32. The number of aliphatic imine (C=N–C) groups is 2. The van der Waals surface area contributed by atoms with Crippen LogP contribution in [0.15, 0.2) is 57.0 Å². The number of halogens is 8. The van der Waals surface area contributed by atoms with Crippen LogP contribution in [-0.2, 0) is 17.8 Å². The molecule has 0 saturated carbocycles. The number of rotatable bonds is 4. The zero-order valence-electron chi connectivity index (χ0n) is 18.0. The van der Waals surface area contributed by atoms with Gasteiger partial charge in [0.25, 0.3) is 0 Å². The molecule has 184 valence electrons. The molecule has 0 bridgehead atoms. The van der Waals surface area contributed by atoms with Gasteiger partial charge in [-0.2, -0.15) is 26.3 Å². The van der Waals surface area contributed by atoms with Crippen molar-refractivity contribution in [3.8, 4) is 11.3 Å². The second kappa shape index (κ2) is 8.28. The van der Waals surface area contributed by atoms with Gasteiger partial charge < -0.3 is 4.52 Å². The molecule has 1 unspecified atom stereocenters. The summed E-state index contributed by atoms with van der Waals surface area (Å²) in [5.74, 6) is -2.24. The first-order valence-corrected chi connectivity index (χ1v) is 10.0. The number of nitrogens with zero attached hydrogens (tertiary/aromatic N) is 3. The monoisotopic (exact) mass is 501 g/mol. The Bertz CT molecular complexity index is 1340. The van der Waals surface area contributed by atoms with Crippen molar-refractivity contribution >= 4 is 12.1 Å². The van der Waals surface area contributed by atoms with Crippen LogP contribution in [0.3, 0.4) is 0 Å². The van der Waals surface area contributed by atoms with E-state index in [9.17, 15) is 35.1 Å². The molecular weight excluding hydrogens is 486 g/mol. The molecule has 0 aliphatic carbocycles. The third-order valence-electron chi connectivity index (χ3n) is 5.60. The minimum Gasteiger partial charge on any atom is -0.360 e. The number of alkyl halides is 6. The molecule has 12 heteroatoms. The van der Waals surface area contributed by atoms with E-state index in [0.29, 0.717) is 12.1 Å². The van der Waals surface area contributed by atoms with Crippen molar-refractivity contribution in [2.24, 2.45) is 9.98 Å². The van der Waals surface area contributed by atoms with E-state index >= 15 is 0 Å². The summed E-state index contributed by atoms with van der Waals surface area (Å²) in [6.07, 6.45) is -8.70. The van der Waals surface area contributed by atoms with E-state index in [0.717, 1.165) is 6.07 Å². The van der Waals surface area contributed by atoms with Crippen molar-refractivity contribution in [3.63, 3.8) is 0 Å². The number of amidine groups is 1. The maximum absolute atomic E-state index is 14.1. The lowest BCUT2D eigenvalue weighted by atomic mass is 9.82. The Kier molecular flexibility index (Phi) is 5.81. The quantitative estimate of drug-likeness (QED) is 0.368. The van der Waals surface area contributed by atoms with Gasteiger partial charge in [0.15, 0.2) is 17.5 Å². The van der Waals surface area contributed by atoms with E-state index < -0.39 is 52.1 Å². The van der Waals surface area contributed by atoms with E-state index in [1.165, 1.54) is 24.4 Å². The van der Waals surface area contributed by atoms with E-state index in [1.807, 2.05) is 0 Å². The molecule has 0 spiro atoms. The topological polar surface area (TPSA) is 50.8 Å². The van der Waals surface area contributed by atoms with Gasteiger partial charge in [0.2, 0.25) is 0 Å². The van der Waals surface area contributed by atoms with Gasteiger partial charge in [-0.25, -0.2) is 13.8 Å². The summed E-state index contributed by atoms with van der Waals surface area (Å²) in [4.78, 5) is 8.31. The van der Waals surface area contributed by atoms with Crippen LogP contribution in [0, 0.1) is 11.6 Å². The van der Waals surface area contributed by atoms with Crippen LogP contribution < -0.4 is 0 Å². The molecule has 0 fully saturated rings. The van der Waals surface area contributed by atoms with Crippen LogP contribution in [0.25, 0.3) is 11.3 Å². The van der Waals surface area contributed by atoms with Gasteiger partial charge in [0.05, 0.1) is 28.1 Å². The van der Waals surface area contributed by atoms with Crippen LogP contribution >= 0.6 is 0 Å². The lowest BCUT2D eigenvalue weighted by molar-refractivity contribution is -0.142. The van der Waals surface area contributed by atoms with Crippen molar-refractivity contribution in [3.05, 3.63) is 76.5 Å². The summed E-state index contributed by atoms with van der Waals surface area (Å²) in [6, 6.07) is 5.12. The van der Waals surface area contributed by atoms with Crippen LogP contribution in [0.4, 0.5) is 35.1 Å². The highest BCUT2D eigenvalue weighted by molar-refractivity contribution is 6.07. The van der Waals surface area contributed by atoms with E-state index in [4.69, 9.17) is 4.52 Å². The SMILES string of the molecule is CC(C)(c1cc(-c2ccc(C(F)(F)F)cc2C(F)(F)F)no1)C1C=NC(c2cccc(F)c2F)=N1. The minimum atomic E-state index is -5.09. The molecule has 0 N–H and O–H groups in total. The molecule has 1 aromatic heterocycles. The summed E-state index contributed by atoms with van der Waals surface area (Å²) in [7, 11) is 0. The maximum atomic E-state index is 14.1. The van der Waals surface area contributed by atoms with Crippen LogP contribution in [-0.4, -0.2) is 23.2 Å². The molecule has 0 radical (unpaired) electrons. The fraction of sp³-hybridized carbons (Fsp3) is 0.261. The molecule has 2 aromatic carbocycles. The van der Waals surface area contributed by atoms with Gasteiger partial charge in [-0.15, -0.1) is 0 Å². The number of hydrogen-bond acceptors (Lipinski definition) is 4. The Morgan fingerprint density at radius 1 is 0.857 bits per heavy atom. The molecule has 0 saturated heterocycles. The molecule has 4 nitrogen and oxygen atoms in total. The van der Waals surface area contributed by atoms with Gasteiger partial charge in [0, 0.05) is 17.8 Å². The molecule has 2 heterocycles. The minimum absolute atomic E-state index is 0.0164. The summed E-state index contributed by atoms with van der Waals surface area (Å²) < 4.78 is 112. The van der Waals surface area contributed by atoms with Crippen molar-refractivity contribution in [1.29, 1.82) is 0 Å². The smallest absolute Gasteiger partial charge is 0.360 e. The maximum Gasteiger partial charge on any atom is 0.417 e. The molecule has 3 aromatic rings. The molecule has 1 aliphatic heterocycles. The highest BCUT2D eigenvalue weighted by Crippen LogP contribution is 2.42. The standard InChI is InChI=1S/C23H15F8N3O/c1-21(2,17-10-32-20(33-17)13-4-3-5-15(24)19(13)25)18-9-16(34-35-18)12-7-6-11(22(26,27)28)8-14(12)23(29,30)31/h3-10,17H,1-2H3. The van der Waals surface area contributed by atoms with Crippen LogP contribution in [0.5, 0.6) is 0 Å². The van der Waals surface area contributed by atoms with E-state index in [-0.39, 0.29) is 28.9 Å². The fourth-order valence-corrected chi connectivity index (χ4v) is 3.53. The average Bonchev–Trinajstić information content (AvgIpc) is 3.45. The van der Waals surface area contributed by atoms with Crippen LogP contribution in [0.1, 0.15) is 36.3 Å². The van der Waals surface area contributed by atoms with Crippen molar-refractivity contribution in [2.45, 2.75) is 37.7 Å². The number of benzene rings is 2. The number of hydrogen-bond donors (Lipinski definition) is 0. The third kappa shape index (κ3) is 4.56. The number of aromatic nitrogens is 1. The predicted molar refractivity (Wildman–Crippen MR) is 110 cm³/mol. The molecule has 1 atom stereocenters. The fourth-order valence-electron chi connectivity index (χ4n) is 3.53. The molecular formula is C23H15F8N3O. The zero-order valence-corrected chi connectivity index (χ0v) is 18.0. The molecule has 4 rings (SSSR count). The van der Waals surface area contributed by atoms with Gasteiger partial charge >= 0.3 is 12.4 Å². The Morgan fingerprint density at radius 2 is 1.57 bits per heavy atom. The summed E-state index contributed by atoms with van der Waals surface area (Å²) in [5, 5.41) is 3.63. The van der Waals surface area contributed by atoms with Crippen molar-refractivity contribution in [1.82, 2.24) is 5.16 Å². The Balaban J connectivity index is 1.69. The Hall–Kier alpha value is -3.57. The van der Waals surface area contributed by atoms with Crippen molar-refractivity contribution < 1.29 is 39.6 Å². The normalized spacial score (nSPS) is 16.6. The van der Waals surface area contributed by atoms with Gasteiger partial charge in [-0.05, 0) is 24.3 Å². The van der Waals surface area contributed by atoms with E-state index in [1.54, 1.807) is 13.8 Å². The van der Waals surface area contributed by atoms with Crippen molar-refractivity contribution in [2.75, 3.05) is 0 Å². The Morgan fingerprint density at radius 3 is 2.23 bits per heavy atom. The van der Waals surface area contributed by atoms with E-state index in [2.05, 4.69) is 15.1 Å². The second-order valence-corrected chi connectivity index (χ2v) is 8.33. The molecule has 35 heavy (non-hydrogen) atoms. The average molecular weight is 501 g/mol. The summed E-state index contributed by atoms with van der Waals surface area (Å²) >= 11 is 0. The summed E-state index contributed by atoms with van der Waals surface area (Å²) in [5.41, 5.74) is -5.13. The van der Waals surface area contributed by atoms with Crippen LogP contribution in [0.2, 0.25) is 0 Å². The highest BCUT2D eigenvalue weighted by Gasteiger charge is 2.40. The third-order valence-corrected chi connectivity index (χ3v) is 5.60. The largest absolute Gasteiger partial charge is 0.417 e. The van der Waals surface area contributed by atoms with Gasteiger partial charge in [-0.3, -0.25) is 4.99 Å². The lowest BCUT2D eigenvalue weighted by Gasteiger charge is -2.24.